The van der Waals surface area contributed by atoms with Gasteiger partial charge in [0, 0.05) is 6.61 Å². The quantitative estimate of drug-likeness (QED) is 0.718. The average Bonchev–Trinajstić information content (AvgIpc) is 2.33. The second-order valence-corrected chi connectivity index (χ2v) is 4.94. The lowest BCUT2D eigenvalue weighted by Gasteiger charge is -2.31. The maximum Gasteiger partial charge on any atom is 0.289 e. The molecular formula is C6H8Cl3NO3. The standard InChI is InChI=1S/C6H8Cl3NO3/c7-6(8,9)5(12)4(1-2-11)3-10-13-5/h3-4,11-12H,1-2H2. The Morgan fingerprint density at radius 2 is 2.15 bits per heavy atom. The highest BCUT2D eigenvalue weighted by molar-refractivity contribution is 6.68. The van der Waals surface area contributed by atoms with E-state index >= 15 is 0 Å². The number of hydrogen-bond acceptors (Lipinski definition) is 4. The van der Waals surface area contributed by atoms with Gasteiger partial charge in [-0.3, -0.25) is 0 Å². The van der Waals surface area contributed by atoms with Crippen molar-refractivity contribution in [2.45, 2.75) is 16.0 Å². The summed E-state index contributed by atoms with van der Waals surface area (Å²) in [5.41, 5.74) is 0. The largest absolute Gasteiger partial charge is 0.396 e. The van der Waals surface area contributed by atoms with E-state index in [1.165, 1.54) is 6.21 Å². The van der Waals surface area contributed by atoms with E-state index in [0.29, 0.717) is 0 Å². The van der Waals surface area contributed by atoms with E-state index < -0.39 is 15.5 Å². The first-order valence-corrected chi connectivity index (χ1v) is 4.67. The van der Waals surface area contributed by atoms with E-state index in [1.807, 2.05) is 0 Å². The van der Waals surface area contributed by atoms with Crippen LogP contribution in [0, 0.1) is 5.92 Å². The van der Waals surface area contributed by atoms with Crippen molar-refractivity contribution in [3.8, 4) is 0 Å². The summed E-state index contributed by atoms with van der Waals surface area (Å²) >= 11 is 16.5. The van der Waals surface area contributed by atoms with Crippen LogP contribution in [0.3, 0.4) is 0 Å². The number of aliphatic hydroxyl groups excluding tert-OH is 1. The molecule has 1 aliphatic rings. The molecule has 1 heterocycles. The molecule has 0 radical (unpaired) electrons. The van der Waals surface area contributed by atoms with Crippen LogP contribution >= 0.6 is 34.8 Å². The van der Waals surface area contributed by atoms with Gasteiger partial charge in [-0.15, -0.1) is 0 Å². The Labute approximate surface area is 90.0 Å². The van der Waals surface area contributed by atoms with Crippen molar-refractivity contribution in [1.82, 2.24) is 0 Å². The SMILES string of the molecule is OCCC1C=NOC1(O)C(Cl)(Cl)Cl. The van der Waals surface area contributed by atoms with Crippen molar-refractivity contribution >= 4 is 41.0 Å². The Bertz CT molecular complexity index is 218. The molecule has 4 nitrogen and oxygen atoms in total. The van der Waals surface area contributed by atoms with Gasteiger partial charge in [0.1, 0.15) is 0 Å². The molecule has 13 heavy (non-hydrogen) atoms. The van der Waals surface area contributed by atoms with Gasteiger partial charge in [-0.1, -0.05) is 40.0 Å². The van der Waals surface area contributed by atoms with E-state index in [-0.39, 0.29) is 13.0 Å². The normalized spacial score (nSPS) is 33.5. The Balaban J connectivity index is 2.79. The Kier molecular flexibility index (Phi) is 3.30. The third-order valence-electron chi connectivity index (χ3n) is 1.78. The monoisotopic (exact) mass is 247 g/mol. The molecule has 0 saturated heterocycles. The third kappa shape index (κ3) is 2.02. The summed E-state index contributed by atoms with van der Waals surface area (Å²) in [6.07, 6.45) is 1.52. The summed E-state index contributed by atoms with van der Waals surface area (Å²) in [6, 6.07) is 0. The molecule has 0 amide bonds. The second kappa shape index (κ2) is 3.79. The molecule has 0 spiro atoms. The minimum atomic E-state index is -2.00. The smallest absolute Gasteiger partial charge is 0.289 e. The first-order valence-electron chi connectivity index (χ1n) is 3.53. The van der Waals surface area contributed by atoms with Crippen LogP contribution in [0.1, 0.15) is 6.42 Å². The lowest BCUT2D eigenvalue weighted by molar-refractivity contribution is -0.206. The highest BCUT2D eigenvalue weighted by Gasteiger charge is 2.57. The van der Waals surface area contributed by atoms with Gasteiger partial charge in [0.2, 0.25) is 0 Å². The van der Waals surface area contributed by atoms with Crippen LogP contribution in [0.2, 0.25) is 0 Å². The van der Waals surface area contributed by atoms with Gasteiger partial charge < -0.3 is 15.1 Å². The predicted octanol–water partition coefficient (Wildman–Crippen LogP) is 1.06. The van der Waals surface area contributed by atoms with Crippen LogP contribution in [-0.2, 0) is 4.84 Å². The van der Waals surface area contributed by atoms with Gasteiger partial charge in [0.15, 0.2) is 0 Å². The molecule has 2 atom stereocenters. The van der Waals surface area contributed by atoms with Gasteiger partial charge in [-0.25, -0.2) is 0 Å². The van der Waals surface area contributed by atoms with E-state index in [1.54, 1.807) is 0 Å². The molecular weight excluding hydrogens is 240 g/mol. The van der Waals surface area contributed by atoms with Gasteiger partial charge >= 0.3 is 0 Å². The van der Waals surface area contributed by atoms with Crippen LogP contribution in [0.5, 0.6) is 0 Å². The second-order valence-electron chi connectivity index (χ2n) is 2.66. The lowest BCUT2D eigenvalue weighted by atomic mass is 9.98. The maximum atomic E-state index is 9.76. The fraction of sp³-hybridized carbons (Fsp3) is 0.833. The number of hydrogen-bond donors (Lipinski definition) is 2. The molecule has 0 aromatic carbocycles. The molecule has 2 unspecified atom stereocenters. The molecule has 76 valence electrons. The Morgan fingerprint density at radius 1 is 1.54 bits per heavy atom. The molecule has 0 aromatic rings. The van der Waals surface area contributed by atoms with Gasteiger partial charge in [-0.05, 0) is 6.42 Å². The molecule has 0 saturated carbocycles. The summed E-state index contributed by atoms with van der Waals surface area (Å²) in [5.74, 6) is -2.61. The molecule has 0 aliphatic carbocycles. The summed E-state index contributed by atoms with van der Waals surface area (Å²) in [4.78, 5) is 4.59. The molecule has 1 rings (SSSR count). The first kappa shape index (κ1) is 11.3. The zero-order valence-corrected chi connectivity index (χ0v) is 8.72. The zero-order valence-electron chi connectivity index (χ0n) is 6.45. The van der Waals surface area contributed by atoms with Gasteiger partial charge in [0.25, 0.3) is 9.58 Å². The molecule has 2 N–H and O–H groups in total. The molecule has 1 aliphatic heterocycles. The van der Waals surface area contributed by atoms with E-state index in [0.717, 1.165) is 0 Å². The van der Waals surface area contributed by atoms with Gasteiger partial charge in [0.05, 0.1) is 12.1 Å². The Hall–Kier alpha value is 0.260. The summed E-state index contributed by atoms with van der Waals surface area (Å²) < 4.78 is -2.00. The zero-order chi connectivity index (χ0) is 10.1. The molecule has 0 fully saturated rings. The topological polar surface area (TPSA) is 62.1 Å². The van der Waals surface area contributed by atoms with Gasteiger partial charge in [-0.2, -0.15) is 0 Å². The minimum absolute atomic E-state index is 0.150. The first-order chi connectivity index (χ1) is 5.92. The van der Waals surface area contributed by atoms with E-state index in [2.05, 4.69) is 9.99 Å². The number of rotatable bonds is 2. The summed E-state index contributed by atoms with van der Waals surface area (Å²) in [5, 5.41) is 21.8. The highest BCUT2D eigenvalue weighted by Crippen LogP contribution is 2.46. The van der Waals surface area contributed by atoms with Crippen molar-refractivity contribution < 1.29 is 15.1 Å². The van der Waals surface area contributed by atoms with Crippen LogP contribution in [0.25, 0.3) is 0 Å². The summed E-state index contributed by atoms with van der Waals surface area (Å²) in [6.45, 7) is -0.150. The van der Waals surface area contributed by atoms with Crippen LogP contribution in [0.15, 0.2) is 5.16 Å². The van der Waals surface area contributed by atoms with Crippen LogP contribution < -0.4 is 0 Å². The molecule has 7 heteroatoms. The highest BCUT2D eigenvalue weighted by atomic mass is 35.6. The third-order valence-corrected chi connectivity index (χ3v) is 2.59. The average molecular weight is 248 g/mol. The number of nitrogens with zero attached hydrogens (tertiary/aromatic N) is 1. The lowest BCUT2D eigenvalue weighted by Crippen LogP contribution is -2.49. The van der Waals surface area contributed by atoms with Crippen LogP contribution in [0.4, 0.5) is 0 Å². The summed E-state index contributed by atoms with van der Waals surface area (Å²) in [7, 11) is 0. The van der Waals surface area contributed by atoms with Crippen molar-refractivity contribution in [2.24, 2.45) is 11.1 Å². The van der Waals surface area contributed by atoms with Crippen LogP contribution in [-0.4, -0.2) is 32.6 Å². The molecule has 0 bridgehead atoms. The number of aliphatic hydroxyl groups is 2. The predicted molar refractivity (Wildman–Crippen MR) is 50.0 cm³/mol. The Morgan fingerprint density at radius 3 is 2.62 bits per heavy atom. The van der Waals surface area contributed by atoms with Crippen molar-refractivity contribution in [3.63, 3.8) is 0 Å². The minimum Gasteiger partial charge on any atom is -0.396 e. The van der Waals surface area contributed by atoms with Crippen molar-refractivity contribution in [1.29, 1.82) is 0 Å². The fourth-order valence-corrected chi connectivity index (χ4v) is 1.55. The van der Waals surface area contributed by atoms with Crippen molar-refractivity contribution in [3.05, 3.63) is 0 Å². The van der Waals surface area contributed by atoms with Crippen molar-refractivity contribution in [2.75, 3.05) is 6.61 Å². The maximum absolute atomic E-state index is 9.76. The number of halogens is 3. The fourth-order valence-electron chi connectivity index (χ4n) is 1.02. The van der Waals surface area contributed by atoms with E-state index in [4.69, 9.17) is 39.9 Å². The number of alkyl halides is 3. The van der Waals surface area contributed by atoms with E-state index in [9.17, 15) is 5.11 Å². The molecule has 0 aromatic heterocycles. The number of oxime groups is 1.